The van der Waals surface area contributed by atoms with Crippen LogP contribution in [-0.2, 0) is 10.5 Å². The van der Waals surface area contributed by atoms with Gasteiger partial charge in [0.1, 0.15) is 5.82 Å². The molecule has 2 rings (SSSR count). The molecule has 0 heterocycles. The van der Waals surface area contributed by atoms with Crippen LogP contribution in [0, 0.1) is 19.7 Å². The minimum absolute atomic E-state index is 0.0305. The molecule has 2 nitrogen and oxygen atoms in total. The Hall–Kier alpha value is -1.81. The van der Waals surface area contributed by atoms with Gasteiger partial charge in [0.15, 0.2) is 0 Å². The highest BCUT2D eigenvalue weighted by Crippen LogP contribution is 2.18. The lowest BCUT2D eigenvalue weighted by Gasteiger charge is -2.15. The van der Waals surface area contributed by atoms with Crippen LogP contribution in [0.4, 0.5) is 4.39 Å². The highest BCUT2D eigenvalue weighted by Gasteiger charge is 2.11. The minimum Gasteiger partial charge on any atom is -0.349 e. The summed E-state index contributed by atoms with van der Waals surface area (Å²) in [6.07, 6.45) is 0. The molecule has 0 radical (unpaired) electrons. The van der Waals surface area contributed by atoms with Gasteiger partial charge in [-0.05, 0) is 49.1 Å². The van der Waals surface area contributed by atoms with Crippen LogP contribution in [0.5, 0.6) is 0 Å². The molecule has 1 amide bonds. The Labute approximate surface area is 141 Å². The molecule has 0 fully saturated rings. The standard InChI is InChI=1S/C19H22FNOS/c1-13-8-9-16(10-14(13)2)15(3)21-19(22)12-23-11-17-6-4-5-7-18(17)20/h4-10,15H,11-12H2,1-3H3,(H,21,22). The summed E-state index contributed by atoms with van der Waals surface area (Å²) in [5.74, 6) is 0.572. The van der Waals surface area contributed by atoms with Crippen molar-refractivity contribution in [2.75, 3.05) is 5.75 Å². The third-order valence-electron chi connectivity index (χ3n) is 3.86. The lowest BCUT2D eigenvalue weighted by atomic mass is 10.0. The molecule has 0 saturated carbocycles. The maximum Gasteiger partial charge on any atom is 0.230 e. The second kappa shape index (κ2) is 8.16. The topological polar surface area (TPSA) is 29.1 Å². The average Bonchev–Trinajstić information content (AvgIpc) is 2.51. The van der Waals surface area contributed by atoms with Gasteiger partial charge in [-0.1, -0.05) is 36.4 Å². The molecule has 0 spiro atoms. The van der Waals surface area contributed by atoms with Crippen LogP contribution >= 0.6 is 11.8 Å². The minimum atomic E-state index is -0.219. The van der Waals surface area contributed by atoms with Crippen LogP contribution in [0.1, 0.15) is 35.2 Å². The van der Waals surface area contributed by atoms with Crippen LogP contribution in [0.2, 0.25) is 0 Å². The van der Waals surface area contributed by atoms with Gasteiger partial charge in [0.2, 0.25) is 5.91 Å². The van der Waals surface area contributed by atoms with Gasteiger partial charge in [0.05, 0.1) is 11.8 Å². The van der Waals surface area contributed by atoms with E-state index in [0.717, 1.165) is 5.56 Å². The third kappa shape index (κ3) is 5.10. The highest BCUT2D eigenvalue weighted by atomic mass is 32.2. The first-order valence-corrected chi connectivity index (χ1v) is 8.80. The molecule has 122 valence electrons. The van der Waals surface area contributed by atoms with E-state index in [1.807, 2.05) is 13.0 Å². The van der Waals surface area contributed by atoms with E-state index in [-0.39, 0.29) is 17.8 Å². The largest absolute Gasteiger partial charge is 0.349 e. The molecule has 1 unspecified atom stereocenters. The molecule has 0 bridgehead atoms. The van der Waals surface area contributed by atoms with Gasteiger partial charge in [-0.3, -0.25) is 4.79 Å². The second-order valence-corrected chi connectivity index (χ2v) is 6.70. The van der Waals surface area contributed by atoms with Gasteiger partial charge < -0.3 is 5.32 Å². The van der Waals surface area contributed by atoms with Crippen molar-refractivity contribution in [3.05, 3.63) is 70.5 Å². The van der Waals surface area contributed by atoms with E-state index in [4.69, 9.17) is 0 Å². The predicted octanol–water partition coefficient (Wildman–Crippen LogP) is 4.55. The molecule has 4 heteroatoms. The fourth-order valence-corrected chi connectivity index (χ4v) is 3.09. The molecular formula is C19H22FNOS. The van der Waals surface area contributed by atoms with E-state index in [1.165, 1.54) is 29.0 Å². The van der Waals surface area contributed by atoms with Gasteiger partial charge in [0, 0.05) is 5.75 Å². The summed E-state index contributed by atoms with van der Waals surface area (Å²) in [5.41, 5.74) is 4.19. The van der Waals surface area contributed by atoms with E-state index in [0.29, 0.717) is 17.1 Å². The van der Waals surface area contributed by atoms with Crippen molar-refractivity contribution in [3.8, 4) is 0 Å². The Balaban J connectivity index is 1.82. The van der Waals surface area contributed by atoms with Gasteiger partial charge in [-0.25, -0.2) is 4.39 Å². The Morgan fingerprint density at radius 2 is 1.91 bits per heavy atom. The monoisotopic (exact) mass is 331 g/mol. The molecule has 1 N–H and O–H groups in total. The molecule has 0 aliphatic rings. The van der Waals surface area contributed by atoms with Crippen LogP contribution in [0.15, 0.2) is 42.5 Å². The first-order valence-electron chi connectivity index (χ1n) is 7.65. The van der Waals surface area contributed by atoms with E-state index in [2.05, 4.69) is 31.3 Å². The zero-order chi connectivity index (χ0) is 16.8. The summed E-state index contributed by atoms with van der Waals surface area (Å²) in [5, 5.41) is 2.99. The second-order valence-electron chi connectivity index (χ2n) is 5.72. The van der Waals surface area contributed by atoms with Crippen molar-refractivity contribution in [2.45, 2.75) is 32.6 Å². The van der Waals surface area contributed by atoms with Crippen molar-refractivity contribution >= 4 is 17.7 Å². The van der Waals surface area contributed by atoms with Gasteiger partial charge >= 0.3 is 0 Å². The molecule has 2 aromatic carbocycles. The molecule has 1 atom stereocenters. The highest BCUT2D eigenvalue weighted by molar-refractivity contribution is 7.99. The van der Waals surface area contributed by atoms with Crippen molar-refractivity contribution < 1.29 is 9.18 Å². The van der Waals surface area contributed by atoms with Crippen LogP contribution in [0.25, 0.3) is 0 Å². The Morgan fingerprint density at radius 1 is 1.17 bits per heavy atom. The van der Waals surface area contributed by atoms with E-state index >= 15 is 0 Å². The number of halogens is 1. The molecule has 0 aromatic heterocycles. The fraction of sp³-hybridized carbons (Fsp3) is 0.316. The summed E-state index contributed by atoms with van der Waals surface area (Å²) in [6, 6.07) is 12.8. The number of carbonyl (C=O) groups is 1. The Morgan fingerprint density at radius 3 is 2.61 bits per heavy atom. The average molecular weight is 331 g/mol. The smallest absolute Gasteiger partial charge is 0.230 e. The van der Waals surface area contributed by atoms with Crippen LogP contribution < -0.4 is 5.32 Å². The molecule has 0 aliphatic carbocycles. The lowest BCUT2D eigenvalue weighted by molar-refractivity contribution is -0.119. The normalized spacial score (nSPS) is 12.0. The van der Waals surface area contributed by atoms with Gasteiger partial charge in [-0.15, -0.1) is 11.8 Å². The summed E-state index contributed by atoms with van der Waals surface area (Å²) in [6.45, 7) is 6.11. The number of aryl methyl sites for hydroxylation is 2. The molecule has 0 saturated heterocycles. The molecule has 23 heavy (non-hydrogen) atoms. The number of amides is 1. The van der Waals surface area contributed by atoms with Crippen LogP contribution in [-0.4, -0.2) is 11.7 Å². The first-order chi connectivity index (χ1) is 11.0. The summed E-state index contributed by atoms with van der Waals surface area (Å²) >= 11 is 1.42. The van der Waals surface area contributed by atoms with Crippen molar-refractivity contribution in [1.82, 2.24) is 5.32 Å². The summed E-state index contributed by atoms with van der Waals surface area (Å²) < 4.78 is 13.5. The number of carbonyl (C=O) groups excluding carboxylic acids is 1. The van der Waals surface area contributed by atoms with Gasteiger partial charge in [0.25, 0.3) is 0 Å². The summed E-state index contributed by atoms with van der Waals surface area (Å²) in [7, 11) is 0. The SMILES string of the molecule is Cc1ccc(C(C)NC(=O)CSCc2ccccc2F)cc1C. The maximum atomic E-state index is 13.5. The molecule has 2 aromatic rings. The summed E-state index contributed by atoms with van der Waals surface area (Å²) in [4.78, 5) is 12.0. The zero-order valence-corrected chi connectivity index (χ0v) is 14.5. The first kappa shape index (κ1) is 17.5. The number of hydrogen-bond acceptors (Lipinski definition) is 2. The number of thioether (sulfide) groups is 1. The number of nitrogens with one attached hydrogen (secondary N) is 1. The quantitative estimate of drug-likeness (QED) is 0.841. The van der Waals surface area contributed by atoms with E-state index < -0.39 is 0 Å². The Kier molecular flexibility index (Phi) is 6.22. The van der Waals surface area contributed by atoms with Gasteiger partial charge in [-0.2, -0.15) is 0 Å². The maximum absolute atomic E-state index is 13.5. The van der Waals surface area contributed by atoms with E-state index in [1.54, 1.807) is 18.2 Å². The van der Waals surface area contributed by atoms with Crippen LogP contribution in [0.3, 0.4) is 0 Å². The third-order valence-corrected chi connectivity index (χ3v) is 4.84. The van der Waals surface area contributed by atoms with Crippen molar-refractivity contribution in [1.29, 1.82) is 0 Å². The molecule has 0 aliphatic heterocycles. The number of benzene rings is 2. The lowest BCUT2D eigenvalue weighted by Crippen LogP contribution is -2.28. The van der Waals surface area contributed by atoms with Crippen molar-refractivity contribution in [2.24, 2.45) is 0 Å². The fourth-order valence-electron chi connectivity index (χ4n) is 2.27. The van der Waals surface area contributed by atoms with E-state index in [9.17, 15) is 9.18 Å². The zero-order valence-electron chi connectivity index (χ0n) is 13.7. The molecular weight excluding hydrogens is 309 g/mol. The Bertz CT molecular complexity index is 687. The van der Waals surface area contributed by atoms with Crippen molar-refractivity contribution in [3.63, 3.8) is 0 Å². The number of hydrogen-bond donors (Lipinski definition) is 1. The number of rotatable bonds is 6. The predicted molar refractivity (Wildman–Crippen MR) is 95.0 cm³/mol.